The Bertz CT molecular complexity index is 985. The van der Waals surface area contributed by atoms with Gasteiger partial charge in [0.25, 0.3) is 5.69 Å². The van der Waals surface area contributed by atoms with E-state index in [1.54, 1.807) is 12.1 Å². The first-order valence-corrected chi connectivity index (χ1v) is 9.67. The zero-order valence-corrected chi connectivity index (χ0v) is 16.2. The third kappa shape index (κ3) is 4.78. The van der Waals surface area contributed by atoms with Crippen LogP contribution in [0.15, 0.2) is 77.7 Å². The van der Waals surface area contributed by atoms with Crippen molar-refractivity contribution in [3.8, 4) is 0 Å². The number of nitrogens with two attached hydrogens (primary N) is 1. The molecule has 0 aliphatic heterocycles. The molecule has 28 heavy (non-hydrogen) atoms. The molecular formula is C22H20N2O3S. The van der Waals surface area contributed by atoms with Gasteiger partial charge < -0.3 is 5.73 Å². The first kappa shape index (κ1) is 19.6. The van der Waals surface area contributed by atoms with E-state index in [4.69, 9.17) is 5.73 Å². The number of nitrogen functional groups attached to an aromatic ring is 1. The van der Waals surface area contributed by atoms with Crippen molar-refractivity contribution in [3.05, 3.63) is 99.6 Å². The lowest BCUT2D eigenvalue weighted by Crippen LogP contribution is -2.06. The first-order chi connectivity index (χ1) is 13.4. The number of hydrogen-bond donors (Lipinski definition) is 1. The number of hydrogen-bond acceptors (Lipinski definition) is 5. The fourth-order valence-electron chi connectivity index (χ4n) is 2.81. The highest BCUT2D eigenvalue weighted by atomic mass is 32.2. The third-order valence-corrected chi connectivity index (χ3v) is 5.76. The van der Waals surface area contributed by atoms with Gasteiger partial charge in [-0.1, -0.05) is 54.1 Å². The van der Waals surface area contributed by atoms with Gasteiger partial charge in [-0.25, -0.2) is 0 Å². The number of non-ortho nitro benzene ring substituents is 1. The number of carbonyl (C=O) groups is 1. The number of anilines is 1. The first-order valence-electron chi connectivity index (χ1n) is 8.79. The normalized spacial score (nSPS) is 11.8. The summed E-state index contributed by atoms with van der Waals surface area (Å²) in [6.45, 7) is 1.97. The minimum absolute atomic E-state index is 0.0188. The highest BCUT2D eigenvalue weighted by Gasteiger charge is 2.20. The summed E-state index contributed by atoms with van der Waals surface area (Å²) in [5.41, 5.74) is 9.33. The molecule has 0 aliphatic carbocycles. The van der Waals surface area contributed by atoms with Crippen LogP contribution in [0.3, 0.4) is 0 Å². The Morgan fingerprint density at radius 1 is 1.04 bits per heavy atom. The summed E-state index contributed by atoms with van der Waals surface area (Å²) in [6.07, 6.45) is 0.264. The maximum atomic E-state index is 12.8. The van der Waals surface area contributed by atoms with E-state index in [2.05, 4.69) is 0 Å². The van der Waals surface area contributed by atoms with Crippen molar-refractivity contribution in [2.75, 3.05) is 5.73 Å². The van der Waals surface area contributed by atoms with Gasteiger partial charge in [0.05, 0.1) is 4.92 Å². The largest absolute Gasteiger partial charge is 0.398 e. The lowest BCUT2D eigenvalue weighted by Gasteiger charge is -2.18. The van der Waals surface area contributed by atoms with Gasteiger partial charge in [-0.3, -0.25) is 14.9 Å². The van der Waals surface area contributed by atoms with Gasteiger partial charge in [0.2, 0.25) is 0 Å². The fourth-order valence-corrected chi connectivity index (χ4v) is 4.00. The Morgan fingerprint density at radius 2 is 1.68 bits per heavy atom. The van der Waals surface area contributed by atoms with Crippen LogP contribution in [0, 0.1) is 17.0 Å². The van der Waals surface area contributed by atoms with Gasteiger partial charge in [-0.15, -0.1) is 11.8 Å². The molecule has 5 nitrogen and oxygen atoms in total. The van der Waals surface area contributed by atoms with Crippen LogP contribution in [0.25, 0.3) is 0 Å². The van der Waals surface area contributed by atoms with Crippen LogP contribution in [0.2, 0.25) is 0 Å². The Morgan fingerprint density at radius 3 is 2.29 bits per heavy atom. The predicted octanol–water partition coefficient (Wildman–Crippen LogP) is 5.59. The van der Waals surface area contributed by atoms with E-state index >= 15 is 0 Å². The molecule has 1 atom stereocenters. The van der Waals surface area contributed by atoms with Crippen molar-refractivity contribution in [1.29, 1.82) is 0 Å². The lowest BCUT2D eigenvalue weighted by molar-refractivity contribution is -0.384. The van der Waals surface area contributed by atoms with Crippen LogP contribution in [0.1, 0.15) is 33.2 Å². The van der Waals surface area contributed by atoms with Crippen molar-refractivity contribution >= 4 is 28.9 Å². The van der Waals surface area contributed by atoms with Gasteiger partial charge in [0.1, 0.15) is 0 Å². The topological polar surface area (TPSA) is 86.2 Å². The zero-order valence-electron chi connectivity index (χ0n) is 15.4. The van der Waals surface area contributed by atoms with E-state index in [0.717, 1.165) is 16.0 Å². The molecule has 0 saturated heterocycles. The van der Waals surface area contributed by atoms with Crippen LogP contribution >= 0.6 is 11.8 Å². The number of carbonyl (C=O) groups excluding carboxylic acids is 1. The number of aryl methyl sites for hydroxylation is 1. The monoisotopic (exact) mass is 392 g/mol. The molecule has 0 radical (unpaired) electrons. The summed E-state index contributed by atoms with van der Waals surface area (Å²) < 4.78 is 0. The molecule has 0 saturated carbocycles. The molecule has 0 amide bonds. The molecule has 3 rings (SSSR count). The highest BCUT2D eigenvalue weighted by Crippen LogP contribution is 2.41. The molecule has 0 aromatic heterocycles. The number of benzene rings is 3. The highest BCUT2D eigenvalue weighted by molar-refractivity contribution is 7.99. The number of Topliss-reactive ketones (excluding diaryl/α,β-unsaturated/α-hetero) is 1. The van der Waals surface area contributed by atoms with E-state index in [1.165, 1.54) is 23.9 Å². The van der Waals surface area contributed by atoms with E-state index < -0.39 is 4.92 Å². The standard InChI is InChI=1S/C22H20N2O3S/c1-15-6-8-16(9-7-15)20(25)14-22(28-21-5-3-2-4-19(21)23)17-10-12-18(13-11-17)24(26)27/h2-13,22H,14,23H2,1H3. The molecule has 1 unspecified atom stereocenters. The number of nitro groups is 1. The van der Waals surface area contributed by atoms with Crippen molar-refractivity contribution < 1.29 is 9.72 Å². The average Bonchev–Trinajstić information content (AvgIpc) is 2.69. The van der Waals surface area contributed by atoms with Gasteiger partial charge >= 0.3 is 0 Å². The van der Waals surface area contributed by atoms with Crippen molar-refractivity contribution in [3.63, 3.8) is 0 Å². The minimum Gasteiger partial charge on any atom is -0.398 e. The van der Waals surface area contributed by atoms with Crippen LogP contribution in [-0.4, -0.2) is 10.7 Å². The molecule has 3 aromatic rings. The van der Waals surface area contributed by atoms with Gasteiger partial charge in [-0.05, 0) is 24.6 Å². The summed E-state index contributed by atoms with van der Waals surface area (Å²) in [5.74, 6) is 0.0188. The average molecular weight is 392 g/mol. The van der Waals surface area contributed by atoms with Crippen LogP contribution in [0.5, 0.6) is 0 Å². The van der Waals surface area contributed by atoms with E-state index in [-0.39, 0.29) is 23.1 Å². The molecule has 0 fully saturated rings. The predicted molar refractivity (Wildman–Crippen MR) is 113 cm³/mol. The van der Waals surface area contributed by atoms with Gasteiger partial charge in [0.15, 0.2) is 5.78 Å². The molecule has 0 heterocycles. The fraction of sp³-hybridized carbons (Fsp3) is 0.136. The molecule has 2 N–H and O–H groups in total. The summed E-state index contributed by atoms with van der Waals surface area (Å²) in [7, 11) is 0. The van der Waals surface area contributed by atoms with E-state index in [0.29, 0.717) is 11.3 Å². The number of nitrogens with zero attached hydrogens (tertiary/aromatic N) is 1. The number of para-hydroxylation sites is 1. The number of ketones is 1. The van der Waals surface area contributed by atoms with Gasteiger partial charge in [-0.2, -0.15) is 0 Å². The molecule has 0 spiro atoms. The quantitative estimate of drug-likeness (QED) is 0.186. The number of nitro benzene ring substituents is 1. The Kier molecular flexibility index (Phi) is 6.11. The van der Waals surface area contributed by atoms with E-state index in [9.17, 15) is 14.9 Å². The smallest absolute Gasteiger partial charge is 0.269 e. The molecule has 142 valence electrons. The van der Waals surface area contributed by atoms with Crippen LogP contribution in [-0.2, 0) is 0 Å². The SMILES string of the molecule is Cc1ccc(C(=O)CC(Sc2ccccc2N)c2ccc([N+](=O)[O-])cc2)cc1. The number of thioether (sulfide) groups is 1. The van der Waals surface area contributed by atoms with Crippen LogP contribution < -0.4 is 5.73 Å². The second kappa shape index (κ2) is 8.71. The molecular weight excluding hydrogens is 372 g/mol. The van der Waals surface area contributed by atoms with Crippen molar-refractivity contribution in [2.24, 2.45) is 0 Å². The van der Waals surface area contributed by atoms with Gasteiger partial charge in [0, 0.05) is 39.9 Å². The maximum absolute atomic E-state index is 12.8. The second-order valence-corrected chi connectivity index (χ2v) is 7.73. The summed E-state index contributed by atoms with van der Waals surface area (Å²) >= 11 is 1.49. The van der Waals surface area contributed by atoms with Crippen LogP contribution in [0.4, 0.5) is 11.4 Å². The summed E-state index contributed by atoms with van der Waals surface area (Å²) in [5, 5.41) is 10.7. The second-order valence-electron chi connectivity index (χ2n) is 6.49. The zero-order chi connectivity index (χ0) is 20.1. The molecule has 0 bridgehead atoms. The molecule has 6 heteroatoms. The Hall–Kier alpha value is -3.12. The Balaban J connectivity index is 1.89. The van der Waals surface area contributed by atoms with Crippen molar-refractivity contribution in [1.82, 2.24) is 0 Å². The third-order valence-electron chi connectivity index (χ3n) is 4.41. The lowest BCUT2D eigenvalue weighted by atomic mass is 10.0. The molecule has 3 aromatic carbocycles. The maximum Gasteiger partial charge on any atom is 0.269 e. The number of rotatable bonds is 7. The summed E-state index contributed by atoms with van der Waals surface area (Å²) in [4.78, 5) is 24.2. The van der Waals surface area contributed by atoms with E-state index in [1.807, 2.05) is 55.5 Å². The minimum atomic E-state index is -0.432. The molecule has 0 aliphatic rings. The van der Waals surface area contributed by atoms with Crippen molar-refractivity contribution in [2.45, 2.75) is 23.5 Å². The Labute approximate surface area is 167 Å². The summed E-state index contributed by atoms with van der Waals surface area (Å²) in [6, 6.07) is 21.3.